The van der Waals surface area contributed by atoms with Crippen LogP contribution in [0, 0.1) is 14.2 Å². The van der Waals surface area contributed by atoms with E-state index in [1.54, 1.807) is 6.07 Å². The number of H-pyrrole nitrogens is 1. The predicted octanol–water partition coefficient (Wildman–Crippen LogP) is 3.93. The number of hydrogen-bond donors (Lipinski definition) is 1. The second-order valence-electron chi connectivity index (χ2n) is 5.26. The van der Waals surface area contributed by atoms with Crippen LogP contribution in [0.4, 0.5) is 4.39 Å². The summed E-state index contributed by atoms with van der Waals surface area (Å²) in [7, 11) is 0. The molecule has 0 amide bonds. The van der Waals surface area contributed by atoms with Crippen molar-refractivity contribution < 1.29 is 9.13 Å². The number of hydrogen-bond acceptors (Lipinski definition) is 2. The van der Waals surface area contributed by atoms with Crippen molar-refractivity contribution in [3.63, 3.8) is 0 Å². The smallest absolute Gasteiger partial charge is 0.178 e. The Hall–Kier alpha value is -0.470. The van der Waals surface area contributed by atoms with Crippen LogP contribution in [-0.4, -0.2) is 21.8 Å². The molecule has 1 aromatic carbocycles. The van der Waals surface area contributed by atoms with Gasteiger partial charge in [-0.2, -0.15) is 0 Å². The fraction of sp³-hybridized carbons (Fsp3) is 0.462. The van der Waals surface area contributed by atoms with E-state index < -0.39 is 0 Å². The summed E-state index contributed by atoms with van der Waals surface area (Å²) < 4.78 is 23.0. The molecule has 1 N–H and O–H groups in total. The van der Waals surface area contributed by atoms with Gasteiger partial charge in [-0.1, -0.05) is 0 Å². The molecule has 3 atom stereocenters. The predicted molar refractivity (Wildman–Crippen MR) is 81.3 cm³/mol. The molecular formula is C13H12FIN2OS. The van der Waals surface area contributed by atoms with Crippen molar-refractivity contribution in [1.82, 2.24) is 9.55 Å². The van der Waals surface area contributed by atoms with Crippen LogP contribution >= 0.6 is 34.8 Å². The third-order valence-electron chi connectivity index (χ3n) is 4.16. The number of nitrogens with zero attached hydrogens (tertiary/aromatic N) is 1. The lowest BCUT2D eigenvalue weighted by Gasteiger charge is -2.21. The first kappa shape index (κ1) is 12.3. The standard InChI is InChI=1S/C13H12FIN2OS/c14-7-4-10-9(5-8(7)15)16-13(19)17(10)11-3-6-1-2-12(11)18-6/h4-6,11-12H,1-3H2,(H,16,19). The Morgan fingerprint density at radius 2 is 2.26 bits per heavy atom. The maximum absolute atomic E-state index is 13.8. The highest BCUT2D eigenvalue weighted by Gasteiger charge is 2.42. The second kappa shape index (κ2) is 4.26. The van der Waals surface area contributed by atoms with E-state index in [4.69, 9.17) is 17.0 Å². The van der Waals surface area contributed by atoms with Gasteiger partial charge in [0.15, 0.2) is 4.77 Å². The molecule has 0 saturated carbocycles. The molecule has 0 aliphatic carbocycles. The third-order valence-corrected chi connectivity index (χ3v) is 5.29. The van der Waals surface area contributed by atoms with Gasteiger partial charge in [-0.05, 0) is 60.1 Å². The Balaban J connectivity index is 1.92. The molecule has 2 aliphatic heterocycles. The van der Waals surface area contributed by atoms with Crippen molar-refractivity contribution >= 4 is 45.8 Å². The zero-order valence-electron chi connectivity index (χ0n) is 10.0. The molecule has 3 heterocycles. The minimum Gasteiger partial charge on any atom is -0.373 e. The van der Waals surface area contributed by atoms with Gasteiger partial charge in [0.05, 0.1) is 32.9 Å². The average molecular weight is 390 g/mol. The van der Waals surface area contributed by atoms with Crippen LogP contribution in [0.15, 0.2) is 12.1 Å². The fourth-order valence-corrected chi connectivity index (χ4v) is 4.14. The lowest BCUT2D eigenvalue weighted by Crippen LogP contribution is -2.21. The summed E-state index contributed by atoms with van der Waals surface area (Å²) in [5.41, 5.74) is 1.75. The number of aromatic nitrogens is 2. The third kappa shape index (κ3) is 1.80. The van der Waals surface area contributed by atoms with Crippen molar-refractivity contribution in [3.05, 3.63) is 26.3 Å². The fourth-order valence-electron chi connectivity index (χ4n) is 3.33. The topological polar surface area (TPSA) is 29.9 Å². The van der Waals surface area contributed by atoms with Crippen molar-refractivity contribution in [3.8, 4) is 0 Å². The van der Waals surface area contributed by atoms with E-state index in [0.29, 0.717) is 14.4 Å². The monoisotopic (exact) mass is 390 g/mol. The van der Waals surface area contributed by atoms with E-state index in [1.807, 2.05) is 33.2 Å². The maximum Gasteiger partial charge on any atom is 0.178 e. The molecule has 4 rings (SSSR count). The van der Waals surface area contributed by atoms with Crippen molar-refractivity contribution in [1.29, 1.82) is 0 Å². The summed E-state index contributed by atoms with van der Waals surface area (Å²) in [6.07, 6.45) is 3.80. The van der Waals surface area contributed by atoms with E-state index in [0.717, 1.165) is 30.3 Å². The summed E-state index contributed by atoms with van der Waals surface area (Å²) >= 11 is 7.42. The number of halogens is 2. The molecule has 2 fully saturated rings. The number of imidazole rings is 1. The van der Waals surface area contributed by atoms with Crippen LogP contribution in [0.1, 0.15) is 25.3 Å². The lowest BCUT2D eigenvalue weighted by molar-refractivity contribution is 0.0941. The largest absolute Gasteiger partial charge is 0.373 e. The first-order valence-corrected chi connectivity index (χ1v) is 7.87. The van der Waals surface area contributed by atoms with E-state index in [1.165, 1.54) is 0 Å². The highest BCUT2D eigenvalue weighted by Crippen LogP contribution is 2.43. The molecule has 6 heteroatoms. The first-order valence-electron chi connectivity index (χ1n) is 6.38. The summed E-state index contributed by atoms with van der Waals surface area (Å²) in [6, 6.07) is 3.64. The van der Waals surface area contributed by atoms with Gasteiger partial charge in [0.2, 0.25) is 0 Å². The van der Waals surface area contributed by atoms with Gasteiger partial charge in [0, 0.05) is 6.07 Å². The van der Waals surface area contributed by atoms with Crippen molar-refractivity contribution in [2.24, 2.45) is 0 Å². The molecule has 2 aliphatic rings. The Morgan fingerprint density at radius 1 is 1.42 bits per heavy atom. The number of fused-ring (bicyclic) bond motifs is 3. The van der Waals surface area contributed by atoms with E-state index in [2.05, 4.69) is 4.98 Å². The van der Waals surface area contributed by atoms with Gasteiger partial charge in [-0.3, -0.25) is 0 Å². The van der Waals surface area contributed by atoms with Crippen LogP contribution in [0.25, 0.3) is 11.0 Å². The second-order valence-corrected chi connectivity index (χ2v) is 6.81. The number of rotatable bonds is 1. The van der Waals surface area contributed by atoms with E-state index in [9.17, 15) is 4.39 Å². The van der Waals surface area contributed by atoms with Crippen LogP contribution < -0.4 is 0 Å². The molecule has 3 nitrogen and oxygen atoms in total. The average Bonchev–Trinajstić information content (AvgIpc) is 3.03. The number of aromatic amines is 1. The molecule has 2 bridgehead atoms. The van der Waals surface area contributed by atoms with E-state index >= 15 is 0 Å². The molecule has 19 heavy (non-hydrogen) atoms. The van der Waals surface area contributed by atoms with Gasteiger partial charge < -0.3 is 14.3 Å². The highest BCUT2D eigenvalue weighted by atomic mass is 127. The van der Waals surface area contributed by atoms with Crippen LogP contribution in [0.2, 0.25) is 0 Å². The molecular weight excluding hydrogens is 378 g/mol. The maximum atomic E-state index is 13.8. The Kier molecular flexibility index (Phi) is 2.75. The zero-order valence-corrected chi connectivity index (χ0v) is 13.0. The quantitative estimate of drug-likeness (QED) is 0.591. The van der Waals surface area contributed by atoms with E-state index in [-0.39, 0.29) is 18.0 Å². The lowest BCUT2D eigenvalue weighted by atomic mass is 9.95. The van der Waals surface area contributed by atoms with Crippen LogP contribution in [0.3, 0.4) is 0 Å². The number of benzene rings is 1. The van der Waals surface area contributed by atoms with Crippen LogP contribution in [-0.2, 0) is 4.74 Å². The first-order chi connectivity index (χ1) is 9.13. The summed E-state index contributed by atoms with van der Waals surface area (Å²) in [4.78, 5) is 3.18. The van der Waals surface area contributed by atoms with Gasteiger partial charge in [0.25, 0.3) is 0 Å². The van der Waals surface area contributed by atoms with Crippen LogP contribution in [0.5, 0.6) is 0 Å². The molecule has 3 unspecified atom stereocenters. The highest BCUT2D eigenvalue weighted by molar-refractivity contribution is 14.1. The summed E-state index contributed by atoms with van der Waals surface area (Å²) in [5, 5.41) is 0. The number of nitrogens with one attached hydrogen (secondary N) is 1. The molecule has 100 valence electrons. The van der Waals surface area contributed by atoms with Gasteiger partial charge >= 0.3 is 0 Å². The molecule has 2 saturated heterocycles. The molecule has 1 aromatic heterocycles. The Morgan fingerprint density at radius 3 is 2.95 bits per heavy atom. The van der Waals surface area contributed by atoms with Gasteiger partial charge in [-0.15, -0.1) is 0 Å². The van der Waals surface area contributed by atoms with Crippen molar-refractivity contribution in [2.45, 2.75) is 37.5 Å². The normalized spacial score (nSPS) is 29.5. The Labute approximate surface area is 128 Å². The minimum absolute atomic E-state index is 0.195. The molecule has 2 aromatic rings. The summed E-state index contributed by atoms with van der Waals surface area (Å²) in [5.74, 6) is -0.195. The zero-order chi connectivity index (χ0) is 13.1. The Bertz CT molecular complexity index is 725. The number of ether oxygens (including phenoxy) is 1. The van der Waals surface area contributed by atoms with Gasteiger partial charge in [-0.25, -0.2) is 4.39 Å². The van der Waals surface area contributed by atoms with Crippen molar-refractivity contribution in [2.75, 3.05) is 0 Å². The molecule has 0 radical (unpaired) electrons. The SMILES string of the molecule is Fc1cc2c(cc1I)[nH]c(=S)n2C1CC2CCC1O2. The minimum atomic E-state index is -0.195. The summed E-state index contributed by atoms with van der Waals surface area (Å²) in [6.45, 7) is 0. The molecule has 0 spiro atoms. The van der Waals surface area contributed by atoms with Gasteiger partial charge in [0.1, 0.15) is 5.82 Å².